The third kappa shape index (κ3) is 24.3. The van der Waals surface area contributed by atoms with Crippen molar-refractivity contribution < 1.29 is 56.6 Å². The monoisotopic (exact) mass is 416 g/mol. The van der Waals surface area contributed by atoms with E-state index in [1.54, 1.807) is 0 Å². The van der Waals surface area contributed by atoms with Crippen molar-refractivity contribution >= 4 is 16.4 Å². The van der Waals surface area contributed by atoms with Gasteiger partial charge in [0.2, 0.25) is 10.4 Å². The number of aliphatic carboxylic acids is 1. The fourth-order valence-electron chi connectivity index (χ4n) is 3.12. The van der Waals surface area contributed by atoms with Crippen LogP contribution in [0.2, 0.25) is 0 Å². The second-order valence-corrected chi connectivity index (χ2v) is 8.22. The Morgan fingerprint density at radius 2 is 1.33 bits per heavy atom. The van der Waals surface area contributed by atoms with Crippen LogP contribution in [0.15, 0.2) is 0 Å². The third-order valence-electron chi connectivity index (χ3n) is 4.67. The maximum absolute atomic E-state index is 10.7. The minimum absolute atomic E-state index is 0. The standard InChI is InChI=1S/C19H38O6S.Na/c1-2-3-4-5-6-8-11-14-18(17-25-26(22,23)24)15-12-9-7-10-13-16-19(20)21;/h18H,2-17H2,1H3,(H,20,21)(H,22,23,24);/q;+1/p-1. The van der Waals surface area contributed by atoms with Crippen molar-refractivity contribution in [2.75, 3.05) is 6.61 Å². The molecular formula is C19H37NaO6S. The van der Waals surface area contributed by atoms with E-state index in [-0.39, 0.29) is 48.5 Å². The molecule has 0 radical (unpaired) electrons. The van der Waals surface area contributed by atoms with E-state index in [2.05, 4.69) is 11.1 Å². The van der Waals surface area contributed by atoms with Crippen LogP contribution < -0.4 is 29.6 Å². The first-order valence-corrected chi connectivity index (χ1v) is 11.5. The Hall–Kier alpha value is 0.340. The molecular weight excluding hydrogens is 379 g/mol. The van der Waals surface area contributed by atoms with Crippen LogP contribution in [0.4, 0.5) is 0 Å². The van der Waals surface area contributed by atoms with Gasteiger partial charge >= 0.3 is 35.5 Å². The second kappa shape index (κ2) is 19.6. The van der Waals surface area contributed by atoms with E-state index in [1.165, 1.54) is 32.1 Å². The van der Waals surface area contributed by atoms with Crippen LogP contribution in [0.25, 0.3) is 0 Å². The quantitative estimate of drug-likeness (QED) is 0.150. The smallest absolute Gasteiger partial charge is 0.726 e. The number of carbonyl (C=O) groups is 1. The van der Waals surface area contributed by atoms with Crippen LogP contribution in [0.3, 0.4) is 0 Å². The summed E-state index contributed by atoms with van der Waals surface area (Å²) < 4.78 is 36.5. The van der Waals surface area contributed by atoms with Crippen molar-refractivity contribution in [3.05, 3.63) is 0 Å². The number of hydrogen-bond donors (Lipinski definition) is 1. The summed E-state index contributed by atoms with van der Waals surface area (Å²) in [7, 11) is -4.62. The van der Waals surface area contributed by atoms with E-state index in [9.17, 15) is 17.8 Å². The van der Waals surface area contributed by atoms with E-state index in [4.69, 9.17) is 5.11 Å². The van der Waals surface area contributed by atoms with Crippen LogP contribution in [-0.2, 0) is 19.4 Å². The average Bonchev–Trinajstić information content (AvgIpc) is 2.56. The molecule has 1 N–H and O–H groups in total. The Kier molecular flexibility index (Phi) is 21.5. The molecule has 8 heteroatoms. The van der Waals surface area contributed by atoms with Crippen LogP contribution in [0, 0.1) is 5.92 Å². The van der Waals surface area contributed by atoms with Gasteiger partial charge in [0.25, 0.3) is 0 Å². The molecule has 0 aromatic heterocycles. The van der Waals surface area contributed by atoms with E-state index >= 15 is 0 Å². The predicted octanol–water partition coefficient (Wildman–Crippen LogP) is 2.04. The van der Waals surface area contributed by atoms with E-state index in [0.717, 1.165) is 51.4 Å². The predicted molar refractivity (Wildman–Crippen MR) is 102 cm³/mol. The minimum Gasteiger partial charge on any atom is -0.726 e. The molecule has 0 aromatic carbocycles. The molecule has 156 valence electrons. The molecule has 0 heterocycles. The summed E-state index contributed by atoms with van der Waals surface area (Å²) in [6.45, 7) is 2.18. The third-order valence-corrected chi connectivity index (χ3v) is 5.09. The summed E-state index contributed by atoms with van der Waals surface area (Å²) in [6, 6.07) is 0. The zero-order chi connectivity index (χ0) is 19.7. The minimum atomic E-state index is -4.62. The summed E-state index contributed by atoms with van der Waals surface area (Å²) in [6.07, 6.45) is 14.9. The fraction of sp³-hybridized carbons (Fsp3) is 0.947. The SMILES string of the molecule is CCCCCCCCCC(CCCCCCCC(=O)O)COS(=O)(=O)[O-].[Na+]. The molecule has 0 aromatic rings. The largest absolute Gasteiger partial charge is 1.00 e. The Morgan fingerprint density at radius 1 is 0.889 bits per heavy atom. The molecule has 0 bridgehead atoms. The fourth-order valence-corrected chi connectivity index (χ4v) is 3.48. The molecule has 0 rings (SSSR count). The van der Waals surface area contributed by atoms with E-state index in [0.29, 0.717) is 6.42 Å². The second-order valence-electron chi connectivity index (χ2n) is 7.17. The zero-order valence-electron chi connectivity index (χ0n) is 17.3. The Balaban J connectivity index is 0. The molecule has 0 saturated carbocycles. The molecule has 0 aliphatic carbocycles. The first kappa shape index (κ1) is 29.5. The molecule has 0 spiro atoms. The van der Waals surface area contributed by atoms with Crippen molar-refractivity contribution in [3.63, 3.8) is 0 Å². The molecule has 1 unspecified atom stereocenters. The summed E-state index contributed by atoms with van der Waals surface area (Å²) >= 11 is 0. The van der Waals surface area contributed by atoms with Gasteiger partial charge in [-0.15, -0.1) is 0 Å². The van der Waals surface area contributed by atoms with Crippen molar-refractivity contribution in [3.8, 4) is 0 Å². The van der Waals surface area contributed by atoms with Crippen LogP contribution in [0.1, 0.15) is 103 Å². The number of hydrogen-bond acceptors (Lipinski definition) is 5. The maximum Gasteiger partial charge on any atom is 1.00 e. The molecule has 1 atom stereocenters. The first-order chi connectivity index (χ1) is 12.3. The van der Waals surface area contributed by atoms with Crippen LogP contribution >= 0.6 is 0 Å². The van der Waals surface area contributed by atoms with Crippen molar-refractivity contribution in [1.29, 1.82) is 0 Å². The van der Waals surface area contributed by atoms with Gasteiger partial charge in [0.1, 0.15) is 0 Å². The Bertz CT molecular complexity index is 441. The molecule has 0 amide bonds. The average molecular weight is 417 g/mol. The van der Waals surface area contributed by atoms with Gasteiger partial charge in [-0.25, -0.2) is 8.42 Å². The van der Waals surface area contributed by atoms with Crippen molar-refractivity contribution in [1.82, 2.24) is 0 Å². The van der Waals surface area contributed by atoms with Gasteiger partial charge in [-0.2, -0.15) is 0 Å². The summed E-state index contributed by atoms with van der Waals surface area (Å²) in [5.74, 6) is -0.649. The van der Waals surface area contributed by atoms with Gasteiger partial charge in [-0.05, 0) is 25.2 Å². The number of carboxylic acid groups (broad SMARTS) is 1. The van der Waals surface area contributed by atoms with Gasteiger partial charge in [0.05, 0.1) is 6.61 Å². The summed E-state index contributed by atoms with van der Waals surface area (Å²) in [5, 5.41) is 8.59. The van der Waals surface area contributed by atoms with Crippen molar-refractivity contribution in [2.45, 2.75) is 103 Å². The van der Waals surface area contributed by atoms with Gasteiger partial charge in [-0.1, -0.05) is 77.6 Å². The Labute approximate surface area is 188 Å². The molecule has 0 aliphatic heterocycles. The first-order valence-electron chi connectivity index (χ1n) is 10.2. The summed E-state index contributed by atoms with van der Waals surface area (Å²) in [4.78, 5) is 10.4. The molecule has 0 saturated heterocycles. The van der Waals surface area contributed by atoms with E-state index < -0.39 is 16.4 Å². The number of carboxylic acids is 1. The summed E-state index contributed by atoms with van der Waals surface area (Å²) in [5.41, 5.74) is 0. The molecule has 27 heavy (non-hydrogen) atoms. The molecule has 0 fully saturated rings. The maximum atomic E-state index is 10.7. The zero-order valence-corrected chi connectivity index (χ0v) is 20.1. The molecule has 6 nitrogen and oxygen atoms in total. The van der Waals surface area contributed by atoms with Gasteiger partial charge in [0.15, 0.2) is 0 Å². The topological polar surface area (TPSA) is 104 Å². The van der Waals surface area contributed by atoms with Crippen LogP contribution in [0.5, 0.6) is 0 Å². The number of rotatable bonds is 19. The van der Waals surface area contributed by atoms with Crippen LogP contribution in [-0.4, -0.2) is 30.7 Å². The van der Waals surface area contributed by atoms with E-state index in [1.807, 2.05) is 0 Å². The molecule has 0 aliphatic rings. The van der Waals surface area contributed by atoms with Gasteiger partial charge in [0, 0.05) is 6.42 Å². The number of unbranched alkanes of at least 4 members (excludes halogenated alkanes) is 10. The Morgan fingerprint density at radius 3 is 1.78 bits per heavy atom. The van der Waals surface area contributed by atoms with Crippen molar-refractivity contribution in [2.24, 2.45) is 5.92 Å². The van der Waals surface area contributed by atoms with Gasteiger partial charge in [-0.3, -0.25) is 8.98 Å². The van der Waals surface area contributed by atoms with Gasteiger partial charge < -0.3 is 9.66 Å². The normalized spacial score (nSPS) is 12.5.